The predicted octanol–water partition coefficient (Wildman–Crippen LogP) is 13.9. The summed E-state index contributed by atoms with van der Waals surface area (Å²) in [4.78, 5) is 2.45. The summed E-state index contributed by atoms with van der Waals surface area (Å²) in [5.41, 5.74) is 9.95. The van der Waals surface area contributed by atoms with Crippen molar-refractivity contribution in [2.45, 2.75) is 0 Å². The minimum atomic E-state index is 0.880. The van der Waals surface area contributed by atoms with E-state index < -0.39 is 0 Å². The van der Waals surface area contributed by atoms with Crippen molar-refractivity contribution < 1.29 is 4.42 Å². The number of fused-ring (bicyclic) bond motifs is 8. The second kappa shape index (κ2) is 11.2. The summed E-state index contributed by atoms with van der Waals surface area (Å²) in [5, 5.41) is 7.31. The third kappa shape index (κ3) is 4.47. The summed E-state index contributed by atoms with van der Waals surface area (Å²) >= 11 is 1.87. The number of hydrogen-bond donors (Lipinski definition) is 0. The summed E-state index contributed by atoms with van der Waals surface area (Å²) in [7, 11) is 0. The van der Waals surface area contributed by atoms with Gasteiger partial charge in [-0.1, -0.05) is 133 Å². The highest BCUT2D eigenvalue weighted by molar-refractivity contribution is 7.26. The first-order chi connectivity index (χ1) is 24.3. The molecule has 0 radical (unpaired) electrons. The fourth-order valence-corrected chi connectivity index (χ4v) is 8.69. The van der Waals surface area contributed by atoms with Crippen LogP contribution in [0.3, 0.4) is 0 Å². The molecule has 2 aromatic heterocycles. The lowest BCUT2D eigenvalue weighted by molar-refractivity contribution is 0.669. The van der Waals surface area contributed by atoms with Crippen LogP contribution in [0.15, 0.2) is 180 Å². The van der Waals surface area contributed by atoms with Gasteiger partial charge in [0, 0.05) is 26.5 Å². The van der Waals surface area contributed by atoms with E-state index in [0.29, 0.717) is 0 Å². The van der Waals surface area contributed by atoms with Gasteiger partial charge in [-0.2, -0.15) is 0 Å². The molecule has 0 amide bonds. The highest BCUT2D eigenvalue weighted by atomic mass is 32.1. The highest BCUT2D eigenvalue weighted by Crippen LogP contribution is 2.50. The molecule has 3 heteroatoms. The lowest BCUT2D eigenvalue weighted by Gasteiger charge is -2.27. The molecule has 0 bridgehead atoms. The Morgan fingerprint density at radius 3 is 1.88 bits per heavy atom. The Balaban J connectivity index is 1.25. The first-order valence-electron chi connectivity index (χ1n) is 16.6. The Labute approximate surface area is 287 Å². The summed E-state index contributed by atoms with van der Waals surface area (Å²) in [6.45, 7) is 0. The van der Waals surface area contributed by atoms with Gasteiger partial charge in [-0.15, -0.1) is 11.3 Å². The van der Waals surface area contributed by atoms with Crippen LogP contribution in [-0.2, 0) is 0 Å². The number of nitrogens with zero attached hydrogens (tertiary/aromatic N) is 1. The first-order valence-corrected chi connectivity index (χ1v) is 17.4. The van der Waals surface area contributed by atoms with Gasteiger partial charge in [0.15, 0.2) is 0 Å². The van der Waals surface area contributed by atoms with Gasteiger partial charge >= 0.3 is 0 Å². The normalized spacial score (nSPS) is 11.7. The van der Waals surface area contributed by atoms with Gasteiger partial charge in [0.05, 0.1) is 21.5 Å². The second-order valence-electron chi connectivity index (χ2n) is 12.5. The third-order valence-corrected chi connectivity index (χ3v) is 10.9. The molecule has 2 nitrogen and oxygen atoms in total. The van der Waals surface area contributed by atoms with E-state index in [2.05, 4.69) is 175 Å². The zero-order chi connectivity index (χ0) is 32.3. The van der Waals surface area contributed by atoms with Gasteiger partial charge in [-0.05, 0) is 75.5 Å². The largest absolute Gasteiger partial charge is 0.456 e. The Bertz CT molecular complexity index is 2830. The van der Waals surface area contributed by atoms with Crippen LogP contribution in [0, 0.1) is 0 Å². The van der Waals surface area contributed by atoms with Gasteiger partial charge < -0.3 is 9.32 Å². The van der Waals surface area contributed by atoms with Crippen LogP contribution >= 0.6 is 11.3 Å². The number of rotatable bonds is 5. The van der Waals surface area contributed by atoms with Crippen LogP contribution < -0.4 is 4.90 Å². The zero-order valence-corrected chi connectivity index (χ0v) is 27.3. The molecule has 0 aliphatic carbocycles. The van der Waals surface area contributed by atoms with Crippen molar-refractivity contribution in [3.63, 3.8) is 0 Å². The van der Waals surface area contributed by atoms with Crippen LogP contribution in [0.1, 0.15) is 0 Å². The van der Waals surface area contributed by atoms with Crippen molar-refractivity contribution in [1.82, 2.24) is 0 Å². The molecule has 0 saturated carbocycles. The molecule has 0 fully saturated rings. The molecule has 10 rings (SSSR count). The van der Waals surface area contributed by atoms with E-state index >= 15 is 0 Å². The van der Waals surface area contributed by atoms with Crippen molar-refractivity contribution in [3.05, 3.63) is 176 Å². The minimum absolute atomic E-state index is 0.880. The van der Waals surface area contributed by atoms with Crippen molar-refractivity contribution in [3.8, 4) is 22.3 Å². The SMILES string of the molecule is c1ccc(-c2ccccc2-c2ccc(N(c3cc4ccccc4c4c3sc3ccccc34)c3cccc4oc5ccccc5c34)cc2)cc1. The molecule has 230 valence electrons. The maximum Gasteiger partial charge on any atom is 0.137 e. The minimum Gasteiger partial charge on any atom is -0.456 e. The monoisotopic (exact) mass is 643 g/mol. The molecule has 0 atom stereocenters. The fraction of sp³-hybridized carbons (Fsp3) is 0. The molecular weight excluding hydrogens is 615 g/mol. The van der Waals surface area contributed by atoms with Gasteiger partial charge in [-0.25, -0.2) is 0 Å². The lowest BCUT2D eigenvalue weighted by Crippen LogP contribution is -2.10. The maximum absolute atomic E-state index is 6.43. The topological polar surface area (TPSA) is 16.4 Å². The number of thiophene rings is 1. The van der Waals surface area contributed by atoms with Crippen molar-refractivity contribution in [2.24, 2.45) is 0 Å². The van der Waals surface area contributed by atoms with Crippen LogP contribution in [0.25, 0.3) is 75.1 Å². The fourth-order valence-electron chi connectivity index (χ4n) is 7.47. The average Bonchev–Trinajstić information content (AvgIpc) is 3.75. The Morgan fingerprint density at radius 2 is 1.06 bits per heavy atom. The number of anilines is 3. The lowest BCUT2D eigenvalue weighted by atomic mass is 9.94. The maximum atomic E-state index is 6.43. The van der Waals surface area contributed by atoms with Gasteiger partial charge in [0.1, 0.15) is 11.2 Å². The molecule has 10 aromatic rings. The number of furan rings is 1. The van der Waals surface area contributed by atoms with Crippen LogP contribution in [0.4, 0.5) is 17.1 Å². The zero-order valence-electron chi connectivity index (χ0n) is 26.5. The molecule has 0 aliphatic rings. The summed E-state index contributed by atoms with van der Waals surface area (Å²) in [5.74, 6) is 0. The highest BCUT2D eigenvalue weighted by Gasteiger charge is 2.24. The van der Waals surface area contributed by atoms with E-state index in [9.17, 15) is 0 Å². The molecule has 0 N–H and O–H groups in total. The molecule has 0 aliphatic heterocycles. The van der Waals surface area contributed by atoms with Crippen LogP contribution in [-0.4, -0.2) is 0 Å². The number of benzene rings is 8. The van der Waals surface area contributed by atoms with Crippen LogP contribution in [0.2, 0.25) is 0 Å². The quantitative estimate of drug-likeness (QED) is 0.186. The predicted molar refractivity (Wildman–Crippen MR) is 210 cm³/mol. The standard InChI is InChI=1S/C46H29NOS/c1-2-13-30(14-3-1)34-16-6-7-17-35(34)31-25-27-33(28-26-31)47(39-21-12-23-42-45(39)37-19-8-10-22-41(37)48-42)40-29-32-15-4-5-18-36(32)44-38-20-9-11-24-43(38)49-46(40)44/h1-29H. The average molecular weight is 644 g/mol. The molecule has 0 spiro atoms. The summed E-state index contributed by atoms with van der Waals surface area (Å²) in [6, 6.07) is 63.1. The van der Waals surface area contributed by atoms with E-state index in [0.717, 1.165) is 39.0 Å². The van der Waals surface area contributed by atoms with Gasteiger partial charge in [-0.3, -0.25) is 0 Å². The third-order valence-electron chi connectivity index (χ3n) is 9.66. The second-order valence-corrected chi connectivity index (χ2v) is 13.5. The Kier molecular flexibility index (Phi) is 6.39. The van der Waals surface area contributed by atoms with Crippen molar-refractivity contribution in [2.75, 3.05) is 4.90 Å². The van der Waals surface area contributed by atoms with E-state index in [1.165, 1.54) is 53.2 Å². The Hall–Kier alpha value is -6.16. The summed E-state index contributed by atoms with van der Waals surface area (Å²) < 4.78 is 8.98. The first kappa shape index (κ1) is 27.9. The van der Waals surface area contributed by atoms with Crippen LogP contribution in [0.5, 0.6) is 0 Å². The molecule has 49 heavy (non-hydrogen) atoms. The van der Waals surface area contributed by atoms with Crippen molar-refractivity contribution >= 4 is 81.3 Å². The smallest absolute Gasteiger partial charge is 0.137 e. The van der Waals surface area contributed by atoms with E-state index in [1.54, 1.807) is 0 Å². The van der Waals surface area contributed by atoms with Gasteiger partial charge in [0.25, 0.3) is 0 Å². The van der Waals surface area contributed by atoms with E-state index in [-0.39, 0.29) is 0 Å². The number of hydrogen-bond acceptors (Lipinski definition) is 3. The van der Waals surface area contributed by atoms with E-state index in [1.807, 2.05) is 17.4 Å². The van der Waals surface area contributed by atoms with E-state index in [4.69, 9.17) is 4.42 Å². The molecule has 2 heterocycles. The molecule has 0 unspecified atom stereocenters. The molecular formula is C46H29NOS. The van der Waals surface area contributed by atoms with Gasteiger partial charge in [0.2, 0.25) is 0 Å². The Morgan fingerprint density at radius 1 is 0.429 bits per heavy atom. The molecule has 0 saturated heterocycles. The number of para-hydroxylation sites is 1. The van der Waals surface area contributed by atoms with Crippen molar-refractivity contribution in [1.29, 1.82) is 0 Å². The molecule has 8 aromatic carbocycles. The summed E-state index contributed by atoms with van der Waals surface area (Å²) in [6.07, 6.45) is 0.